The zero-order chi connectivity index (χ0) is 26.8. The summed E-state index contributed by atoms with van der Waals surface area (Å²) in [5, 5.41) is 18.6. The van der Waals surface area contributed by atoms with Gasteiger partial charge in [-0.2, -0.15) is 0 Å². The zero-order valence-electron chi connectivity index (χ0n) is 24.0. The molecule has 1 heterocycles. The molecule has 0 aliphatic heterocycles. The molecular weight excluding hydrogens is 458 g/mol. The third-order valence-corrected chi connectivity index (χ3v) is 11.2. The molecule has 3 saturated carbocycles. The van der Waals surface area contributed by atoms with Crippen LogP contribution in [0.25, 0.3) is 0 Å². The fourth-order valence-electron chi connectivity index (χ4n) is 9.16. The van der Waals surface area contributed by atoms with Gasteiger partial charge in [0.1, 0.15) is 0 Å². The summed E-state index contributed by atoms with van der Waals surface area (Å²) in [6, 6.07) is 3.08. The number of hydrogen-bond acceptors (Lipinski definition) is 3. The number of nitrogens with zero attached hydrogens (tertiary/aromatic N) is 1. The van der Waals surface area contributed by atoms with Gasteiger partial charge in [0.25, 0.3) is 0 Å². The highest BCUT2D eigenvalue weighted by molar-refractivity contribution is 5.86. The first kappa shape index (κ1) is 28.3. The van der Waals surface area contributed by atoms with E-state index in [1.165, 1.54) is 76.2 Å². The van der Waals surface area contributed by atoms with Gasteiger partial charge in [-0.1, -0.05) is 65.5 Å². The SMILES string of the molecule is CC(C)CCC[C@@H](C)[C@H]1CC[C@H]2[C@@H]3CC=C4C[C@@H](O)CC[C@]4(C)[C@H]3CC[C@]12C.O=C(O)c1cccnc1. The Bertz CT molecular complexity index is 942. The van der Waals surface area contributed by atoms with Crippen LogP contribution in [0.5, 0.6) is 0 Å². The molecule has 3 fully saturated rings. The first-order valence-electron chi connectivity index (χ1n) is 15.1. The summed E-state index contributed by atoms with van der Waals surface area (Å²) in [5.74, 6) is 4.52. The fraction of sp³-hybridized carbons (Fsp3) is 0.758. The maximum atomic E-state index is 10.2. The Morgan fingerprint density at radius 2 is 1.86 bits per heavy atom. The molecule has 4 aliphatic rings. The maximum absolute atomic E-state index is 10.2. The minimum atomic E-state index is -0.942. The Balaban J connectivity index is 0.000000301. The van der Waals surface area contributed by atoms with Gasteiger partial charge in [-0.25, -0.2) is 4.79 Å². The first-order valence-corrected chi connectivity index (χ1v) is 15.1. The Kier molecular flexibility index (Phi) is 8.88. The number of hydrogen-bond donors (Lipinski definition) is 2. The van der Waals surface area contributed by atoms with Crippen LogP contribution in [0.15, 0.2) is 36.2 Å². The van der Waals surface area contributed by atoms with Crippen molar-refractivity contribution in [2.24, 2.45) is 46.3 Å². The lowest BCUT2D eigenvalue weighted by Crippen LogP contribution is -2.50. The largest absolute Gasteiger partial charge is 0.478 e. The predicted octanol–water partition coefficient (Wildman–Crippen LogP) is 8.17. The molecule has 4 aliphatic carbocycles. The number of pyridine rings is 1. The van der Waals surface area contributed by atoms with E-state index in [-0.39, 0.29) is 11.7 Å². The van der Waals surface area contributed by atoms with Crippen LogP contribution in [-0.2, 0) is 0 Å². The molecule has 0 radical (unpaired) electrons. The zero-order valence-corrected chi connectivity index (χ0v) is 24.0. The second kappa shape index (κ2) is 11.6. The normalized spacial score (nSPS) is 37.4. The van der Waals surface area contributed by atoms with Crippen LogP contribution in [0.3, 0.4) is 0 Å². The smallest absolute Gasteiger partial charge is 0.337 e. The van der Waals surface area contributed by atoms with Crippen molar-refractivity contribution in [3.05, 3.63) is 41.7 Å². The molecule has 5 rings (SSSR count). The molecule has 0 unspecified atom stereocenters. The number of carboxylic acid groups (broad SMARTS) is 1. The van der Waals surface area contributed by atoms with E-state index in [2.05, 4.69) is 45.7 Å². The number of aromatic carboxylic acids is 1. The highest BCUT2D eigenvalue weighted by atomic mass is 16.4. The number of rotatable bonds is 6. The monoisotopic (exact) mass is 509 g/mol. The average molecular weight is 510 g/mol. The summed E-state index contributed by atoms with van der Waals surface area (Å²) in [4.78, 5) is 13.8. The van der Waals surface area contributed by atoms with E-state index >= 15 is 0 Å². The van der Waals surface area contributed by atoms with Crippen molar-refractivity contribution in [2.75, 3.05) is 0 Å². The number of fused-ring (bicyclic) bond motifs is 5. The van der Waals surface area contributed by atoms with Gasteiger partial charge in [0.05, 0.1) is 11.7 Å². The molecule has 37 heavy (non-hydrogen) atoms. The highest BCUT2D eigenvalue weighted by Gasteiger charge is 2.59. The number of carbonyl (C=O) groups is 1. The molecule has 0 saturated heterocycles. The lowest BCUT2D eigenvalue weighted by molar-refractivity contribution is -0.0573. The quantitative estimate of drug-likeness (QED) is 0.379. The van der Waals surface area contributed by atoms with E-state index in [0.717, 1.165) is 48.3 Å². The van der Waals surface area contributed by atoms with Crippen molar-refractivity contribution in [1.29, 1.82) is 0 Å². The third-order valence-electron chi connectivity index (χ3n) is 11.2. The van der Waals surface area contributed by atoms with Crippen LogP contribution in [0.2, 0.25) is 0 Å². The van der Waals surface area contributed by atoms with Gasteiger partial charge in [0, 0.05) is 12.4 Å². The molecule has 206 valence electrons. The standard InChI is InChI=1S/C27H46O.C6H5NO2/c1-18(2)7-6-8-19(3)23-11-12-24-22-10-9-20-17-21(28)13-15-26(20,4)25(22)14-16-27(23,24)5;8-6(9)5-2-1-3-7-4-5/h9,18-19,21-25,28H,6-8,10-17H2,1-5H3;1-4H,(H,8,9)/t19-,21+,22+,23-,24+,25+,26+,27-;/m1./s1. The molecule has 0 aromatic carbocycles. The van der Waals surface area contributed by atoms with E-state index < -0.39 is 5.97 Å². The van der Waals surface area contributed by atoms with Gasteiger partial charge in [-0.3, -0.25) is 4.98 Å². The van der Waals surface area contributed by atoms with Gasteiger partial charge in [0.2, 0.25) is 0 Å². The van der Waals surface area contributed by atoms with Crippen LogP contribution in [-0.4, -0.2) is 27.3 Å². The Morgan fingerprint density at radius 3 is 2.51 bits per heavy atom. The summed E-state index contributed by atoms with van der Waals surface area (Å²) in [5.41, 5.74) is 2.82. The van der Waals surface area contributed by atoms with Gasteiger partial charge < -0.3 is 10.2 Å². The van der Waals surface area contributed by atoms with Crippen molar-refractivity contribution in [3.63, 3.8) is 0 Å². The Hall–Kier alpha value is -1.68. The minimum Gasteiger partial charge on any atom is -0.478 e. The molecule has 0 spiro atoms. The number of aromatic nitrogens is 1. The van der Waals surface area contributed by atoms with Gasteiger partial charge in [-0.05, 0) is 110 Å². The number of carboxylic acids is 1. The lowest BCUT2D eigenvalue weighted by Gasteiger charge is -2.58. The van der Waals surface area contributed by atoms with Crippen LogP contribution in [0, 0.1) is 46.3 Å². The summed E-state index contributed by atoms with van der Waals surface area (Å²) in [6.45, 7) is 12.6. The van der Waals surface area contributed by atoms with Crippen LogP contribution >= 0.6 is 0 Å². The average Bonchev–Trinajstić information content (AvgIpc) is 3.22. The van der Waals surface area contributed by atoms with Crippen LogP contribution in [0.1, 0.15) is 116 Å². The van der Waals surface area contributed by atoms with E-state index in [4.69, 9.17) is 5.11 Å². The molecule has 1 aromatic heterocycles. The van der Waals surface area contributed by atoms with Crippen molar-refractivity contribution in [1.82, 2.24) is 4.98 Å². The number of aliphatic hydroxyl groups is 1. The fourth-order valence-corrected chi connectivity index (χ4v) is 9.16. The summed E-state index contributed by atoms with van der Waals surface area (Å²) in [7, 11) is 0. The number of aliphatic hydroxyl groups excluding tert-OH is 1. The minimum absolute atomic E-state index is 0.0766. The Labute approximate surface area is 225 Å². The summed E-state index contributed by atoms with van der Waals surface area (Å²) >= 11 is 0. The molecule has 0 bridgehead atoms. The van der Waals surface area contributed by atoms with E-state index in [0.29, 0.717) is 10.8 Å². The molecule has 4 nitrogen and oxygen atoms in total. The van der Waals surface area contributed by atoms with Gasteiger partial charge in [0.15, 0.2) is 0 Å². The molecule has 4 heteroatoms. The second-order valence-electron chi connectivity index (χ2n) is 13.7. The highest BCUT2D eigenvalue weighted by Crippen LogP contribution is 2.67. The van der Waals surface area contributed by atoms with Crippen LogP contribution < -0.4 is 0 Å². The van der Waals surface area contributed by atoms with Gasteiger partial charge in [-0.15, -0.1) is 0 Å². The molecule has 0 amide bonds. The lowest BCUT2D eigenvalue weighted by atomic mass is 9.47. The van der Waals surface area contributed by atoms with Gasteiger partial charge >= 0.3 is 5.97 Å². The molecule has 8 atom stereocenters. The third kappa shape index (κ3) is 5.84. The summed E-state index contributed by atoms with van der Waals surface area (Å²) in [6.07, 6.45) is 20.0. The second-order valence-corrected chi connectivity index (χ2v) is 13.7. The van der Waals surface area contributed by atoms with Crippen molar-refractivity contribution in [3.8, 4) is 0 Å². The molecule has 2 N–H and O–H groups in total. The maximum Gasteiger partial charge on any atom is 0.337 e. The summed E-state index contributed by atoms with van der Waals surface area (Å²) < 4.78 is 0. The topological polar surface area (TPSA) is 70.4 Å². The van der Waals surface area contributed by atoms with Crippen LogP contribution in [0.4, 0.5) is 0 Å². The van der Waals surface area contributed by atoms with E-state index in [9.17, 15) is 9.90 Å². The van der Waals surface area contributed by atoms with E-state index in [1.807, 2.05) is 0 Å². The van der Waals surface area contributed by atoms with E-state index in [1.54, 1.807) is 11.6 Å². The van der Waals surface area contributed by atoms with Crippen molar-refractivity contribution in [2.45, 2.75) is 111 Å². The Morgan fingerprint density at radius 1 is 1.08 bits per heavy atom. The predicted molar refractivity (Wildman–Crippen MR) is 150 cm³/mol. The molecular formula is C33H51NO3. The number of allylic oxidation sites excluding steroid dienone is 1. The molecule has 1 aromatic rings. The first-order chi connectivity index (χ1) is 17.6. The van der Waals surface area contributed by atoms with Crippen molar-refractivity contribution < 1.29 is 15.0 Å². The van der Waals surface area contributed by atoms with Crippen molar-refractivity contribution >= 4 is 5.97 Å².